The van der Waals surface area contributed by atoms with Crippen LogP contribution in [0.15, 0.2) is 72.6 Å². The second-order valence-corrected chi connectivity index (χ2v) is 8.57. The van der Waals surface area contributed by atoms with Crippen LogP contribution in [0, 0.1) is 0 Å². The molecule has 4 rings (SSSR count). The summed E-state index contributed by atoms with van der Waals surface area (Å²) in [5, 5.41) is 27.9. The second kappa shape index (κ2) is 10.1. The van der Waals surface area contributed by atoms with Crippen LogP contribution in [-0.2, 0) is 9.59 Å². The lowest BCUT2D eigenvalue weighted by atomic mass is 9.98. The molecule has 1 saturated heterocycles. The van der Waals surface area contributed by atoms with Gasteiger partial charge in [0.15, 0.2) is 12.2 Å². The maximum atomic E-state index is 12.9. The number of aromatic nitrogens is 2. The highest BCUT2D eigenvalue weighted by molar-refractivity contribution is 5.91. The molecule has 5 atom stereocenters. The van der Waals surface area contributed by atoms with Crippen molar-refractivity contribution in [2.45, 2.75) is 56.5 Å². The van der Waals surface area contributed by atoms with E-state index in [0.29, 0.717) is 6.54 Å². The lowest BCUT2D eigenvalue weighted by Crippen LogP contribution is -2.52. The molecule has 2 unspecified atom stereocenters. The Bertz CT molecular complexity index is 1020. The van der Waals surface area contributed by atoms with E-state index in [0.717, 1.165) is 30.4 Å². The number of amides is 2. The van der Waals surface area contributed by atoms with Crippen LogP contribution < -0.4 is 5.32 Å². The third-order valence-corrected chi connectivity index (χ3v) is 6.37. The van der Waals surface area contributed by atoms with Crippen LogP contribution in [0.5, 0.6) is 0 Å². The van der Waals surface area contributed by atoms with Crippen molar-refractivity contribution in [1.29, 1.82) is 0 Å². The number of nitrogens with one attached hydrogen (secondary N) is 1. The van der Waals surface area contributed by atoms with Crippen molar-refractivity contribution in [3.05, 3.63) is 78.2 Å². The first-order chi connectivity index (χ1) is 16.0. The van der Waals surface area contributed by atoms with E-state index < -0.39 is 24.0 Å². The molecule has 1 aromatic heterocycles. The van der Waals surface area contributed by atoms with Crippen LogP contribution in [0.4, 0.5) is 0 Å². The number of hydrogen-bond donors (Lipinski definition) is 3. The summed E-state index contributed by atoms with van der Waals surface area (Å²) >= 11 is 0. The number of carbonyl (C=O) groups is 2. The molecule has 33 heavy (non-hydrogen) atoms. The predicted octanol–water partition coefficient (Wildman–Crippen LogP) is 1.90. The quantitative estimate of drug-likeness (QED) is 0.597. The van der Waals surface area contributed by atoms with E-state index >= 15 is 0 Å². The monoisotopic (exact) mass is 450 g/mol. The minimum Gasteiger partial charge on any atom is -0.380 e. The van der Waals surface area contributed by atoms with Gasteiger partial charge in [0.25, 0.3) is 11.8 Å². The van der Waals surface area contributed by atoms with Crippen LogP contribution in [0.1, 0.15) is 43.8 Å². The normalized spacial score (nSPS) is 23.0. The zero-order chi connectivity index (χ0) is 23.4. The number of allylic oxidation sites excluding steroid dienone is 2. The molecule has 1 fully saturated rings. The van der Waals surface area contributed by atoms with E-state index in [9.17, 15) is 19.8 Å². The number of aliphatic hydroxyl groups excluding tert-OH is 2. The minimum absolute atomic E-state index is 0.120. The maximum absolute atomic E-state index is 12.9. The second-order valence-electron chi connectivity index (χ2n) is 8.57. The zero-order valence-electron chi connectivity index (χ0n) is 18.6. The van der Waals surface area contributed by atoms with Gasteiger partial charge in [-0.3, -0.25) is 14.3 Å². The first-order valence-corrected chi connectivity index (χ1v) is 11.3. The van der Waals surface area contributed by atoms with Crippen molar-refractivity contribution < 1.29 is 19.8 Å². The molecule has 0 bridgehead atoms. The average molecular weight is 451 g/mol. The summed E-state index contributed by atoms with van der Waals surface area (Å²) in [6.07, 6.45) is 8.22. The fraction of sp³-hybridized carbons (Fsp3) is 0.400. The van der Waals surface area contributed by atoms with Crippen molar-refractivity contribution in [1.82, 2.24) is 20.0 Å². The molecule has 174 valence electrons. The average Bonchev–Trinajstić information content (AvgIpc) is 3.56. The fourth-order valence-corrected chi connectivity index (χ4v) is 4.50. The SMILES string of the molecule is C[C@@H](NC(=O)[C@H](O)[C@@H](O)C(=O)N1CCCC1c1ccccc1)C1=CCC(n2cccn2)C=C1. The number of nitrogens with zero attached hydrogens (tertiary/aromatic N) is 3. The first kappa shape index (κ1) is 22.9. The van der Waals surface area contributed by atoms with Gasteiger partial charge in [-0.1, -0.05) is 48.6 Å². The summed E-state index contributed by atoms with van der Waals surface area (Å²) in [7, 11) is 0. The van der Waals surface area contributed by atoms with Gasteiger partial charge in [0, 0.05) is 18.9 Å². The summed E-state index contributed by atoms with van der Waals surface area (Å²) in [6, 6.07) is 11.0. The lowest BCUT2D eigenvalue weighted by Gasteiger charge is -2.29. The maximum Gasteiger partial charge on any atom is 0.255 e. The number of rotatable bonds is 7. The molecule has 1 aliphatic carbocycles. The summed E-state index contributed by atoms with van der Waals surface area (Å²) < 4.78 is 1.86. The number of benzene rings is 1. The van der Waals surface area contributed by atoms with Crippen LogP contribution in [0.3, 0.4) is 0 Å². The van der Waals surface area contributed by atoms with E-state index in [-0.39, 0.29) is 18.1 Å². The highest BCUT2D eigenvalue weighted by atomic mass is 16.3. The van der Waals surface area contributed by atoms with Crippen molar-refractivity contribution in [2.75, 3.05) is 6.54 Å². The van der Waals surface area contributed by atoms with Gasteiger partial charge in [-0.05, 0) is 43.4 Å². The van der Waals surface area contributed by atoms with Gasteiger partial charge in [0.1, 0.15) is 0 Å². The number of aliphatic hydroxyl groups is 2. The van der Waals surface area contributed by atoms with Gasteiger partial charge in [0.05, 0.1) is 18.1 Å². The predicted molar refractivity (Wildman–Crippen MR) is 123 cm³/mol. The Morgan fingerprint density at radius 2 is 1.94 bits per heavy atom. The molecule has 2 aromatic rings. The van der Waals surface area contributed by atoms with E-state index in [1.165, 1.54) is 0 Å². The van der Waals surface area contributed by atoms with E-state index in [4.69, 9.17) is 0 Å². The molecule has 8 heteroatoms. The molecular formula is C25H30N4O4. The molecular weight excluding hydrogens is 420 g/mol. The number of likely N-dealkylation sites (tertiary alicyclic amines) is 1. The molecule has 3 N–H and O–H groups in total. The third-order valence-electron chi connectivity index (χ3n) is 6.37. The Morgan fingerprint density at radius 3 is 2.61 bits per heavy atom. The van der Waals surface area contributed by atoms with Gasteiger partial charge in [0.2, 0.25) is 0 Å². The van der Waals surface area contributed by atoms with Crippen molar-refractivity contribution >= 4 is 11.8 Å². The molecule has 1 aliphatic heterocycles. The highest BCUT2D eigenvalue weighted by Crippen LogP contribution is 2.32. The number of hydrogen-bond acceptors (Lipinski definition) is 5. The zero-order valence-corrected chi connectivity index (χ0v) is 18.6. The molecule has 2 heterocycles. The molecule has 2 amide bonds. The number of carbonyl (C=O) groups excluding carboxylic acids is 2. The molecule has 2 aliphatic rings. The largest absolute Gasteiger partial charge is 0.380 e. The highest BCUT2D eigenvalue weighted by Gasteiger charge is 2.38. The summed E-state index contributed by atoms with van der Waals surface area (Å²) in [5.74, 6) is -1.40. The van der Waals surface area contributed by atoms with Gasteiger partial charge < -0.3 is 20.4 Å². The summed E-state index contributed by atoms with van der Waals surface area (Å²) in [6.45, 7) is 2.28. The molecule has 8 nitrogen and oxygen atoms in total. The van der Waals surface area contributed by atoms with Gasteiger partial charge >= 0.3 is 0 Å². The summed E-state index contributed by atoms with van der Waals surface area (Å²) in [5.41, 5.74) is 1.87. The van der Waals surface area contributed by atoms with Crippen molar-refractivity contribution in [2.24, 2.45) is 0 Å². The molecule has 0 spiro atoms. The Labute approximate surface area is 193 Å². The Kier molecular flexibility index (Phi) is 7.05. The third kappa shape index (κ3) is 5.07. The summed E-state index contributed by atoms with van der Waals surface area (Å²) in [4.78, 5) is 27.1. The topological polar surface area (TPSA) is 108 Å². The molecule has 1 aromatic carbocycles. The van der Waals surface area contributed by atoms with Crippen LogP contribution >= 0.6 is 0 Å². The first-order valence-electron chi connectivity index (χ1n) is 11.3. The Balaban J connectivity index is 1.33. The van der Waals surface area contributed by atoms with Crippen LogP contribution in [0.2, 0.25) is 0 Å². The van der Waals surface area contributed by atoms with Crippen LogP contribution in [0.25, 0.3) is 0 Å². The van der Waals surface area contributed by atoms with E-state index in [1.54, 1.807) is 18.0 Å². The van der Waals surface area contributed by atoms with Crippen LogP contribution in [-0.4, -0.2) is 61.5 Å². The minimum atomic E-state index is -1.85. The van der Waals surface area contributed by atoms with Crippen molar-refractivity contribution in [3.8, 4) is 0 Å². The van der Waals surface area contributed by atoms with E-state index in [2.05, 4.69) is 10.4 Å². The Morgan fingerprint density at radius 1 is 1.15 bits per heavy atom. The van der Waals surface area contributed by atoms with E-state index in [1.807, 2.05) is 65.5 Å². The van der Waals surface area contributed by atoms with Gasteiger partial charge in [-0.2, -0.15) is 5.10 Å². The van der Waals surface area contributed by atoms with Gasteiger partial charge in [-0.25, -0.2) is 0 Å². The smallest absolute Gasteiger partial charge is 0.255 e. The van der Waals surface area contributed by atoms with Crippen molar-refractivity contribution in [3.63, 3.8) is 0 Å². The molecule has 0 radical (unpaired) electrons. The fourth-order valence-electron chi connectivity index (χ4n) is 4.50. The standard InChI is InChI=1S/C25H30N4O4/c1-17(18-10-12-20(13-11-18)29-16-6-14-26-29)27-24(32)22(30)23(31)25(33)28-15-5-9-21(28)19-7-3-2-4-8-19/h2-4,6-8,10-12,14,16-17,20-23,30-31H,5,9,13,15H2,1H3,(H,27,32)/t17-,20?,21?,22-,23-/m1/s1. The lowest BCUT2D eigenvalue weighted by molar-refractivity contribution is -0.154. The Hall–Kier alpha value is -3.23. The van der Waals surface area contributed by atoms with Gasteiger partial charge in [-0.15, -0.1) is 0 Å². The molecule has 0 saturated carbocycles.